The van der Waals surface area contributed by atoms with Crippen molar-refractivity contribution in [2.24, 2.45) is 52.1 Å². The minimum atomic E-state index is -0.148. The number of amides is 1. The van der Waals surface area contributed by atoms with E-state index in [-0.39, 0.29) is 12.0 Å². The predicted molar refractivity (Wildman–Crippen MR) is 142 cm³/mol. The van der Waals surface area contributed by atoms with Crippen LogP contribution in [0.5, 0.6) is 5.75 Å². The van der Waals surface area contributed by atoms with Crippen molar-refractivity contribution in [1.82, 2.24) is 0 Å². The van der Waals surface area contributed by atoms with Crippen LogP contribution in [0.1, 0.15) is 91.4 Å². The highest BCUT2D eigenvalue weighted by Gasteiger charge is 2.60. The standard InChI is InChI=1S/C30H47N3O2/c1-18(4-11-28(33)34)23-8-9-24-22-7-5-19-16-21(35-27-10-6-20(31)17-26(27)32)12-14-29(19,2)25(22)13-15-30(23,24)3/h6,10,17-19,21-25H,4-5,7-9,11-16,31-32H2,1-3H3,(H2,33,34)/t18-,19?,21?,22+,23-,24+,25+,29+,30-/m1/s1. The summed E-state index contributed by atoms with van der Waals surface area (Å²) in [6.45, 7) is 7.59. The summed E-state index contributed by atoms with van der Waals surface area (Å²) in [5.41, 5.74) is 19.7. The van der Waals surface area contributed by atoms with Crippen molar-refractivity contribution in [2.45, 2.75) is 97.5 Å². The first-order valence-corrected chi connectivity index (χ1v) is 14.2. The lowest BCUT2D eigenvalue weighted by Crippen LogP contribution is -2.54. The average Bonchev–Trinajstić information content (AvgIpc) is 3.17. The lowest BCUT2D eigenvalue weighted by Gasteiger charge is -2.61. The van der Waals surface area contributed by atoms with Crippen LogP contribution < -0.4 is 21.9 Å². The van der Waals surface area contributed by atoms with Crippen molar-refractivity contribution < 1.29 is 9.53 Å². The molecule has 1 aromatic carbocycles. The molecule has 0 spiro atoms. The maximum absolute atomic E-state index is 11.4. The average molecular weight is 482 g/mol. The molecule has 4 fully saturated rings. The molecule has 35 heavy (non-hydrogen) atoms. The highest BCUT2D eigenvalue weighted by atomic mass is 16.5. The molecule has 0 heterocycles. The van der Waals surface area contributed by atoms with E-state index < -0.39 is 0 Å². The van der Waals surface area contributed by atoms with Crippen LogP contribution in [-0.4, -0.2) is 12.0 Å². The zero-order valence-corrected chi connectivity index (χ0v) is 22.1. The van der Waals surface area contributed by atoms with E-state index in [1.807, 2.05) is 12.1 Å². The first kappa shape index (κ1) is 24.8. The normalized spacial score (nSPS) is 41.3. The Morgan fingerprint density at radius 3 is 2.51 bits per heavy atom. The molecule has 5 heteroatoms. The summed E-state index contributed by atoms with van der Waals surface area (Å²) < 4.78 is 6.42. The molecule has 5 rings (SSSR count). The second kappa shape index (κ2) is 9.19. The summed E-state index contributed by atoms with van der Waals surface area (Å²) >= 11 is 0. The number of nitrogen functional groups attached to an aromatic ring is 2. The lowest BCUT2D eigenvalue weighted by molar-refractivity contribution is -0.127. The van der Waals surface area contributed by atoms with E-state index in [4.69, 9.17) is 21.9 Å². The number of rotatable bonds is 6. The van der Waals surface area contributed by atoms with E-state index >= 15 is 0 Å². The van der Waals surface area contributed by atoms with Crippen molar-refractivity contribution in [3.63, 3.8) is 0 Å². The third kappa shape index (κ3) is 4.31. The SMILES string of the molecule is C[C@H](CCC(N)=O)[C@H]1CC[C@H]2[C@@H]3CCC4CC(Oc5ccc(N)cc5N)CC[C@]4(C)[C@H]3CC[C@]12C. The van der Waals surface area contributed by atoms with Gasteiger partial charge < -0.3 is 21.9 Å². The fourth-order valence-electron chi connectivity index (χ4n) is 9.73. The van der Waals surface area contributed by atoms with Crippen LogP contribution in [0.25, 0.3) is 0 Å². The first-order chi connectivity index (χ1) is 16.6. The Balaban J connectivity index is 1.26. The number of nitrogens with two attached hydrogens (primary N) is 3. The molecule has 6 N–H and O–H groups in total. The zero-order chi connectivity index (χ0) is 25.0. The van der Waals surface area contributed by atoms with Gasteiger partial charge in [0.2, 0.25) is 5.91 Å². The van der Waals surface area contributed by atoms with Crippen LogP contribution in [0.2, 0.25) is 0 Å². The Kier molecular flexibility index (Phi) is 6.51. The number of benzene rings is 1. The summed E-state index contributed by atoms with van der Waals surface area (Å²) in [7, 11) is 0. The second-order valence-corrected chi connectivity index (χ2v) is 13.2. The van der Waals surface area contributed by atoms with Gasteiger partial charge in [-0.15, -0.1) is 0 Å². The Labute approximate surface area is 211 Å². The van der Waals surface area contributed by atoms with Gasteiger partial charge in [0.1, 0.15) is 5.75 Å². The second-order valence-electron chi connectivity index (χ2n) is 13.2. The fraction of sp³-hybridized carbons (Fsp3) is 0.767. The van der Waals surface area contributed by atoms with Crippen LogP contribution in [0.15, 0.2) is 18.2 Å². The molecule has 5 nitrogen and oxygen atoms in total. The van der Waals surface area contributed by atoms with Gasteiger partial charge in [0.25, 0.3) is 0 Å². The number of anilines is 2. The third-order valence-electron chi connectivity index (χ3n) is 11.6. The van der Waals surface area contributed by atoms with Gasteiger partial charge in [0.15, 0.2) is 0 Å². The summed E-state index contributed by atoms with van der Waals surface area (Å²) in [4.78, 5) is 11.4. The van der Waals surface area contributed by atoms with Crippen LogP contribution in [0, 0.1) is 46.3 Å². The predicted octanol–water partition coefficient (Wildman–Crippen LogP) is 6.16. The highest BCUT2D eigenvalue weighted by Crippen LogP contribution is 2.68. The zero-order valence-electron chi connectivity index (χ0n) is 22.1. The number of carbonyl (C=O) groups excluding carboxylic acids is 1. The molecule has 194 valence electrons. The summed E-state index contributed by atoms with van der Waals surface area (Å²) in [5.74, 6) is 5.29. The maximum atomic E-state index is 11.4. The summed E-state index contributed by atoms with van der Waals surface area (Å²) in [6, 6.07) is 5.61. The smallest absolute Gasteiger partial charge is 0.217 e. The van der Waals surface area contributed by atoms with E-state index in [0.717, 1.165) is 54.6 Å². The molecule has 2 unspecified atom stereocenters. The van der Waals surface area contributed by atoms with E-state index in [9.17, 15) is 4.79 Å². The van der Waals surface area contributed by atoms with Crippen molar-refractivity contribution in [2.75, 3.05) is 11.5 Å². The van der Waals surface area contributed by atoms with Crippen molar-refractivity contribution in [1.29, 1.82) is 0 Å². The van der Waals surface area contributed by atoms with E-state index in [1.54, 1.807) is 6.07 Å². The minimum absolute atomic E-state index is 0.148. The summed E-state index contributed by atoms with van der Waals surface area (Å²) in [5, 5.41) is 0. The van der Waals surface area contributed by atoms with Gasteiger partial charge >= 0.3 is 0 Å². The molecule has 4 aliphatic carbocycles. The van der Waals surface area contributed by atoms with Crippen molar-refractivity contribution in [3.8, 4) is 5.75 Å². The Hall–Kier alpha value is -1.91. The highest BCUT2D eigenvalue weighted by molar-refractivity contribution is 5.73. The summed E-state index contributed by atoms with van der Waals surface area (Å²) in [6.07, 6.45) is 13.4. The van der Waals surface area contributed by atoms with Crippen molar-refractivity contribution >= 4 is 17.3 Å². The monoisotopic (exact) mass is 481 g/mol. The number of ether oxygens (including phenoxy) is 1. The maximum Gasteiger partial charge on any atom is 0.217 e. The Morgan fingerprint density at radius 2 is 1.77 bits per heavy atom. The molecule has 0 aromatic heterocycles. The molecule has 0 aliphatic heterocycles. The van der Waals surface area contributed by atoms with Crippen LogP contribution in [0.3, 0.4) is 0 Å². The van der Waals surface area contributed by atoms with Gasteiger partial charge in [-0.3, -0.25) is 4.79 Å². The van der Waals surface area contributed by atoms with Crippen LogP contribution in [0.4, 0.5) is 11.4 Å². The van der Waals surface area contributed by atoms with Gasteiger partial charge in [-0.1, -0.05) is 20.8 Å². The quantitative estimate of drug-likeness (QED) is 0.423. The van der Waals surface area contributed by atoms with Gasteiger partial charge in [-0.25, -0.2) is 0 Å². The first-order valence-electron chi connectivity index (χ1n) is 14.2. The van der Waals surface area contributed by atoms with Crippen LogP contribution in [-0.2, 0) is 4.79 Å². The molecule has 1 amide bonds. The lowest BCUT2D eigenvalue weighted by atomic mass is 9.44. The molecule has 4 aliphatic rings. The number of carbonyl (C=O) groups is 1. The number of hydrogen-bond donors (Lipinski definition) is 3. The number of hydrogen-bond acceptors (Lipinski definition) is 4. The molecule has 1 aromatic rings. The van der Waals surface area contributed by atoms with Crippen molar-refractivity contribution in [3.05, 3.63) is 18.2 Å². The van der Waals surface area contributed by atoms with Gasteiger partial charge in [-0.05, 0) is 129 Å². The molecule has 0 saturated heterocycles. The Bertz CT molecular complexity index is 950. The molecule has 9 atom stereocenters. The molecule has 0 radical (unpaired) electrons. The number of primary amides is 1. The molecule has 4 saturated carbocycles. The van der Waals surface area contributed by atoms with E-state index in [0.29, 0.717) is 34.5 Å². The Morgan fingerprint density at radius 1 is 1.03 bits per heavy atom. The van der Waals surface area contributed by atoms with Crippen LogP contribution >= 0.6 is 0 Å². The fourth-order valence-corrected chi connectivity index (χ4v) is 9.73. The molecular weight excluding hydrogens is 434 g/mol. The topological polar surface area (TPSA) is 104 Å². The third-order valence-corrected chi connectivity index (χ3v) is 11.6. The van der Waals surface area contributed by atoms with Gasteiger partial charge in [0, 0.05) is 12.1 Å². The van der Waals surface area contributed by atoms with Gasteiger partial charge in [-0.2, -0.15) is 0 Å². The van der Waals surface area contributed by atoms with Gasteiger partial charge in [0.05, 0.1) is 11.8 Å². The minimum Gasteiger partial charge on any atom is -0.488 e. The molecule has 0 bridgehead atoms. The largest absolute Gasteiger partial charge is 0.488 e. The number of fused-ring (bicyclic) bond motifs is 5. The van der Waals surface area contributed by atoms with E-state index in [1.165, 1.54) is 44.9 Å². The molecular formula is C30H47N3O2. The van der Waals surface area contributed by atoms with E-state index in [2.05, 4.69) is 20.8 Å².